The van der Waals surface area contributed by atoms with Crippen molar-refractivity contribution in [2.45, 2.75) is 90.3 Å². The van der Waals surface area contributed by atoms with E-state index in [0.717, 1.165) is 19.3 Å². The van der Waals surface area contributed by atoms with Crippen molar-refractivity contribution in [1.29, 1.82) is 0 Å². The minimum absolute atomic E-state index is 0. The van der Waals surface area contributed by atoms with Gasteiger partial charge in [0.05, 0.1) is 0 Å². The molecule has 18 heavy (non-hydrogen) atoms. The molecule has 0 aromatic carbocycles. The molecule has 1 fully saturated rings. The van der Waals surface area contributed by atoms with E-state index < -0.39 is 6.10 Å². The molecule has 1 rings (SSSR count). The Kier molecular flexibility index (Phi) is 12.2. The molecule has 2 unspecified atom stereocenters. The summed E-state index contributed by atoms with van der Waals surface area (Å²) in [5.74, 6) is 0.346. The van der Waals surface area contributed by atoms with Gasteiger partial charge in [0.2, 0.25) is 0 Å². The van der Waals surface area contributed by atoms with Gasteiger partial charge in [-0.3, -0.25) is 0 Å². The van der Waals surface area contributed by atoms with E-state index in [0.29, 0.717) is 12.0 Å². The summed E-state index contributed by atoms with van der Waals surface area (Å²) in [4.78, 5) is 0. The van der Waals surface area contributed by atoms with Crippen molar-refractivity contribution in [3.63, 3.8) is 0 Å². The Morgan fingerprint density at radius 1 is 1.11 bits per heavy atom. The SMILES string of the molecule is CCC(CC)C([O-])CC(C)[N-]C1CCCCC1.[K+]. The molecule has 0 N–H and O–H groups in total. The molecular formula is C15H29KNO-. The molecule has 1 saturated carbocycles. The first-order valence-electron chi connectivity index (χ1n) is 7.53. The van der Waals surface area contributed by atoms with Crippen LogP contribution in [0.1, 0.15) is 72.1 Å². The third-order valence-electron chi connectivity index (χ3n) is 4.19. The molecule has 0 aliphatic heterocycles. The van der Waals surface area contributed by atoms with Crippen molar-refractivity contribution < 1.29 is 56.5 Å². The Morgan fingerprint density at radius 2 is 1.67 bits per heavy atom. The second-order valence-corrected chi connectivity index (χ2v) is 5.64. The van der Waals surface area contributed by atoms with Crippen LogP contribution < -0.4 is 56.5 Å². The molecule has 0 heterocycles. The maximum atomic E-state index is 12.1. The van der Waals surface area contributed by atoms with Crippen molar-refractivity contribution in [2.24, 2.45) is 5.92 Å². The van der Waals surface area contributed by atoms with E-state index in [1.807, 2.05) is 0 Å². The van der Waals surface area contributed by atoms with E-state index in [1.54, 1.807) is 0 Å². The number of hydrogen-bond donors (Lipinski definition) is 0. The van der Waals surface area contributed by atoms with Gasteiger partial charge in [0.15, 0.2) is 0 Å². The molecule has 0 radical (unpaired) electrons. The van der Waals surface area contributed by atoms with Gasteiger partial charge in [-0.25, -0.2) is 0 Å². The number of rotatable bonds is 7. The first-order chi connectivity index (χ1) is 8.17. The molecule has 0 bridgehead atoms. The van der Waals surface area contributed by atoms with E-state index in [-0.39, 0.29) is 57.4 Å². The molecule has 0 saturated heterocycles. The standard InChI is InChI=1S/C15H29NO.K/c1-4-13(5-2)15(17)11-12(3)16-14-9-7-6-8-10-14;/h12-15H,4-11H2,1-3H3;/q-2;+1. The maximum Gasteiger partial charge on any atom is 1.00 e. The Labute approximate surface area is 156 Å². The average Bonchev–Trinajstić information content (AvgIpc) is 2.31. The van der Waals surface area contributed by atoms with Crippen molar-refractivity contribution in [3.8, 4) is 0 Å². The van der Waals surface area contributed by atoms with Gasteiger partial charge in [0.25, 0.3) is 0 Å². The van der Waals surface area contributed by atoms with Crippen molar-refractivity contribution in [1.82, 2.24) is 0 Å². The summed E-state index contributed by atoms with van der Waals surface area (Å²) in [6, 6.07) is 0.814. The van der Waals surface area contributed by atoms with Gasteiger partial charge in [-0.2, -0.15) is 0 Å². The van der Waals surface area contributed by atoms with Gasteiger partial charge >= 0.3 is 51.4 Å². The van der Waals surface area contributed by atoms with E-state index in [1.165, 1.54) is 32.1 Å². The molecule has 1 aliphatic carbocycles. The summed E-state index contributed by atoms with van der Waals surface area (Å²) < 4.78 is 0. The van der Waals surface area contributed by atoms with E-state index >= 15 is 0 Å². The quantitative estimate of drug-likeness (QED) is 0.630. The fourth-order valence-electron chi connectivity index (χ4n) is 2.99. The zero-order valence-corrected chi connectivity index (χ0v) is 15.9. The van der Waals surface area contributed by atoms with Crippen LogP contribution in [-0.2, 0) is 0 Å². The molecule has 0 spiro atoms. The first-order valence-corrected chi connectivity index (χ1v) is 7.53. The molecule has 102 valence electrons. The van der Waals surface area contributed by atoms with Crippen LogP contribution in [0.15, 0.2) is 0 Å². The smallest absolute Gasteiger partial charge is 0.852 e. The molecule has 3 heteroatoms. The largest absolute Gasteiger partial charge is 1.00 e. The fraction of sp³-hybridized carbons (Fsp3) is 1.00. The van der Waals surface area contributed by atoms with Crippen LogP contribution in [0.25, 0.3) is 5.32 Å². The summed E-state index contributed by atoms with van der Waals surface area (Å²) in [5, 5.41) is 16.9. The third-order valence-corrected chi connectivity index (χ3v) is 4.19. The molecule has 2 nitrogen and oxygen atoms in total. The van der Waals surface area contributed by atoms with Crippen LogP contribution >= 0.6 is 0 Å². The molecule has 2 atom stereocenters. The van der Waals surface area contributed by atoms with Crippen LogP contribution in [0.5, 0.6) is 0 Å². The van der Waals surface area contributed by atoms with Gasteiger partial charge in [-0.15, -0.1) is 18.2 Å². The topological polar surface area (TPSA) is 37.2 Å². The first kappa shape index (κ1) is 19.6. The normalized spacial score (nSPS) is 20.5. The summed E-state index contributed by atoms with van der Waals surface area (Å²) in [7, 11) is 0. The van der Waals surface area contributed by atoms with Gasteiger partial charge in [-0.05, 0) is 0 Å². The Balaban J connectivity index is 0.00000289. The summed E-state index contributed by atoms with van der Waals surface area (Å²) >= 11 is 0. The Hall–Kier alpha value is 1.56. The Bertz CT molecular complexity index is 191. The number of nitrogens with zero attached hydrogens (tertiary/aromatic N) is 1. The zero-order valence-electron chi connectivity index (χ0n) is 12.8. The predicted octanol–water partition coefficient (Wildman–Crippen LogP) is 0.641. The van der Waals surface area contributed by atoms with Crippen LogP contribution in [0.3, 0.4) is 0 Å². The van der Waals surface area contributed by atoms with Gasteiger partial charge in [-0.1, -0.05) is 78.1 Å². The summed E-state index contributed by atoms with van der Waals surface area (Å²) in [6.45, 7) is 6.38. The summed E-state index contributed by atoms with van der Waals surface area (Å²) in [5.41, 5.74) is 0. The van der Waals surface area contributed by atoms with Gasteiger partial charge < -0.3 is 10.4 Å². The molecule has 0 amide bonds. The van der Waals surface area contributed by atoms with Crippen molar-refractivity contribution >= 4 is 0 Å². The third kappa shape index (κ3) is 7.37. The minimum atomic E-state index is -0.410. The van der Waals surface area contributed by atoms with Crippen LogP contribution in [-0.4, -0.2) is 18.2 Å². The maximum absolute atomic E-state index is 12.1. The fourth-order valence-corrected chi connectivity index (χ4v) is 2.99. The second kappa shape index (κ2) is 11.2. The molecular weight excluding hydrogens is 249 g/mol. The van der Waals surface area contributed by atoms with E-state index in [4.69, 9.17) is 5.32 Å². The van der Waals surface area contributed by atoms with E-state index in [2.05, 4.69) is 20.8 Å². The Morgan fingerprint density at radius 3 is 2.17 bits per heavy atom. The molecule has 0 aromatic heterocycles. The second-order valence-electron chi connectivity index (χ2n) is 5.64. The predicted molar refractivity (Wildman–Crippen MR) is 72.2 cm³/mol. The van der Waals surface area contributed by atoms with E-state index in [9.17, 15) is 5.11 Å². The van der Waals surface area contributed by atoms with Gasteiger partial charge in [0, 0.05) is 0 Å². The minimum Gasteiger partial charge on any atom is -0.852 e. The van der Waals surface area contributed by atoms with Crippen LogP contribution in [0, 0.1) is 5.92 Å². The van der Waals surface area contributed by atoms with Crippen LogP contribution in [0.4, 0.5) is 0 Å². The zero-order chi connectivity index (χ0) is 12.7. The number of hydrogen-bond acceptors (Lipinski definition) is 1. The molecule has 1 aliphatic rings. The van der Waals surface area contributed by atoms with Crippen molar-refractivity contribution in [2.75, 3.05) is 0 Å². The van der Waals surface area contributed by atoms with Gasteiger partial charge in [0.1, 0.15) is 0 Å². The summed E-state index contributed by atoms with van der Waals surface area (Å²) in [6.07, 6.45) is 8.88. The monoisotopic (exact) mass is 278 g/mol. The van der Waals surface area contributed by atoms with Crippen molar-refractivity contribution in [3.05, 3.63) is 5.32 Å². The average molecular weight is 279 g/mol. The molecule has 0 aromatic rings. The van der Waals surface area contributed by atoms with Crippen LogP contribution in [0.2, 0.25) is 0 Å².